The monoisotopic (exact) mass is 212 g/mol. The molecule has 0 radical (unpaired) electrons. The Morgan fingerprint density at radius 1 is 1.29 bits per heavy atom. The molecule has 0 aliphatic rings. The van der Waals surface area contributed by atoms with Crippen molar-refractivity contribution in [2.24, 2.45) is 0 Å². The van der Waals surface area contributed by atoms with Crippen molar-refractivity contribution >= 4 is 23.0 Å². The second-order valence-corrected chi connectivity index (χ2v) is 4.87. The number of nitrogens with zero attached hydrogens (tertiary/aromatic N) is 1. The van der Waals surface area contributed by atoms with Crippen molar-refractivity contribution in [2.75, 3.05) is 17.7 Å². The van der Waals surface area contributed by atoms with Crippen molar-refractivity contribution in [1.29, 1.82) is 0 Å². The van der Waals surface area contributed by atoms with E-state index in [0.29, 0.717) is 5.02 Å². The summed E-state index contributed by atoms with van der Waals surface area (Å²) in [6, 6.07) is 5.53. The Labute approximate surface area is 90.7 Å². The molecule has 0 aromatic heterocycles. The maximum Gasteiger partial charge on any atom is 0.0616 e. The highest BCUT2D eigenvalue weighted by molar-refractivity contribution is 6.31. The van der Waals surface area contributed by atoms with Gasteiger partial charge in [-0.2, -0.15) is 0 Å². The van der Waals surface area contributed by atoms with Crippen LogP contribution in [0.1, 0.15) is 20.8 Å². The van der Waals surface area contributed by atoms with Crippen molar-refractivity contribution in [1.82, 2.24) is 0 Å². The summed E-state index contributed by atoms with van der Waals surface area (Å²) in [7, 11) is 2.02. The molecule has 0 atom stereocenters. The highest BCUT2D eigenvalue weighted by Gasteiger charge is 2.19. The number of rotatable bonds is 1. The first-order chi connectivity index (χ1) is 6.32. The van der Waals surface area contributed by atoms with E-state index in [0.717, 1.165) is 11.4 Å². The number of anilines is 2. The molecule has 0 unspecified atom stereocenters. The molecule has 0 bridgehead atoms. The van der Waals surface area contributed by atoms with E-state index in [1.54, 1.807) is 6.07 Å². The molecule has 1 aromatic rings. The Hall–Kier alpha value is -0.890. The molecule has 0 saturated carbocycles. The summed E-state index contributed by atoms with van der Waals surface area (Å²) in [6.07, 6.45) is 0. The average molecular weight is 213 g/mol. The Bertz CT molecular complexity index is 329. The van der Waals surface area contributed by atoms with Gasteiger partial charge in [-0.3, -0.25) is 0 Å². The van der Waals surface area contributed by atoms with Crippen molar-refractivity contribution in [2.45, 2.75) is 26.3 Å². The summed E-state index contributed by atoms with van der Waals surface area (Å²) in [5.74, 6) is 0. The quantitative estimate of drug-likeness (QED) is 0.725. The lowest BCUT2D eigenvalue weighted by Crippen LogP contribution is -2.38. The van der Waals surface area contributed by atoms with Gasteiger partial charge in [-0.25, -0.2) is 0 Å². The topological polar surface area (TPSA) is 29.3 Å². The zero-order chi connectivity index (χ0) is 10.9. The maximum atomic E-state index is 5.93. The van der Waals surface area contributed by atoms with E-state index in [1.165, 1.54) is 0 Å². The fraction of sp³-hybridized carbons (Fsp3) is 0.455. The molecule has 0 heterocycles. The first-order valence-electron chi connectivity index (χ1n) is 4.61. The molecular weight excluding hydrogens is 196 g/mol. The van der Waals surface area contributed by atoms with Crippen LogP contribution in [-0.2, 0) is 0 Å². The van der Waals surface area contributed by atoms with Gasteiger partial charge >= 0.3 is 0 Å². The van der Waals surface area contributed by atoms with Gasteiger partial charge in [0, 0.05) is 17.6 Å². The van der Waals surface area contributed by atoms with Gasteiger partial charge < -0.3 is 10.6 Å². The number of nitrogen functional groups attached to an aromatic ring is 1. The molecule has 0 aliphatic carbocycles. The molecule has 2 nitrogen and oxygen atoms in total. The molecule has 1 rings (SSSR count). The van der Waals surface area contributed by atoms with Crippen molar-refractivity contribution in [3.8, 4) is 0 Å². The van der Waals surface area contributed by atoms with Gasteiger partial charge in [-0.15, -0.1) is 0 Å². The predicted molar refractivity (Wildman–Crippen MR) is 64.0 cm³/mol. The van der Waals surface area contributed by atoms with Gasteiger partial charge in [0.1, 0.15) is 0 Å². The van der Waals surface area contributed by atoms with E-state index in [2.05, 4.69) is 25.7 Å². The third-order valence-electron chi connectivity index (χ3n) is 2.36. The molecule has 0 amide bonds. The van der Waals surface area contributed by atoms with Crippen LogP contribution in [0.25, 0.3) is 0 Å². The van der Waals surface area contributed by atoms with E-state index in [-0.39, 0.29) is 5.54 Å². The van der Waals surface area contributed by atoms with Gasteiger partial charge in [-0.1, -0.05) is 11.6 Å². The van der Waals surface area contributed by atoms with Crippen LogP contribution in [0.15, 0.2) is 18.2 Å². The van der Waals surface area contributed by atoms with Gasteiger partial charge in [0.25, 0.3) is 0 Å². The zero-order valence-corrected chi connectivity index (χ0v) is 9.89. The fourth-order valence-electron chi connectivity index (χ4n) is 1.17. The molecule has 78 valence electrons. The number of hydrogen-bond donors (Lipinski definition) is 1. The molecule has 0 fully saturated rings. The van der Waals surface area contributed by atoms with Gasteiger partial charge in [0.05, 0.1) is 11.4 Å². The smallest absolute Gasteiger partial charge is 0.0616 e. The lowest BCUT2D eigenvalue weighted by molar-refractivity contribution is 0.539. The first kappa shape index (κ1) is 11.2. The minimum Gasteiger partial charge on any atom is -0.397 e. The van der Waals surface area contributed by atoms with Crippen LogP contribution in [-0.4, -0.2) is 12.6 Å². The summed E-state index contributed by atoms with van der Waals surface area (Å²) in [4.78, 5) is 2.12. The standard InChI is InChI=1S/C11H17ClN2/c1-11(2,3)14(4)10-7-8(12)5-6-9(10)13/h5-7H,13H2,1-4H3. The van der Waals surface area contributed by atoms with Crippen molar-refractivity contribution in [3.05, 3.63) is 23.2 Å². The predicted octanol–water partition coefficient (Wildman–Crippen LogP) is 3.16. The molecule has 2 N–H and O–H groups in total. The highest BCUT2D eigenvalue weighted by Crippen LogP contribution is 2.30. The number of hydrogen-bond acceptors (Lipinski definition) is 2. The maximum absolute atomic E-state index is 5.93. The van der Waals surface area contributed by atoms with E-state index in [1.807, 2.05) is 19.2 Å². The van der Waals surface area contributed by atoms with Crippen molar-refractivity contribution in [3.63, 3.8) is 0 Å². The summed E-state index contributed by atoms with van der Waals surface area (Å²) < 4.78 is 0. The van der Waals surface area contributed by atoms with Crippen molar-refractivity contribution < 1.29 is 0 Å². The van der Waals surface area contributed by atoms with Crippen LogP contribution < -0.4 is 10.6 Å². The van der Waals surface area contributed by atoms with Crippen LogP contribution in [0.3, 0.4) is 0 Å². The minimum atomic E-state index is 0.0405. The number of nitrogens with two attached hydrogens (primary N) is 1. The third-order valence-corrected chi connectivity index (χ3v) is 2.60. The Balaban J connectivity index is 3.12. The van der Waals surface area contributed by atoms with Crippen LogP contribution in [0.5, 0.6) is 0 Å². The second-order valence-electron chi connectivity index (χ2n) is 4.43. The Kier molecular flexibility index (Phi) is 2.95. The van der Waals surface area contributed by atoms with Gasteiger partial charge in [0.15, 0.2) is 0 Å². The average Bonchev–Trinajstić information content (AvgIpc) is 2.06. The van der Waals surface area contributed by atoms with Crippen LogP contribution in [0.2, 0.25) is 5.02 Å². The second kappa shape index (κ2) is 3.70. The molecule has 0 saturated heterocycles. The largest absolute Gasteiger partial charge is 0.397 e. The normalized spacial score (nSPS) is 11.5. The SMILES string of the molecule is CN(c1cc(Cl)ccc1N)C(C)(C)C. The van der Waals surface area contributed by atoms with E-state index < -0.39 is 0 Å². The number of benzene rings is 1. The summed E-state index contributed by atoms with van der Waals surface area (Å²) in [5.41, 5.74) is 7.66. The summed E-state index contributed by atoms with van der Waals surface area (Å²) in [6.45, 7) is 6.40. The summed E-state index contributed by atoms with van der Waals surface area (Å²) >= 11 is 5.93. The molecule has 3 heteroatoms. The molecule has 14 heavy (non-hydrogen) atoms. The zero-order valence-electron chi connectivity index (χ0n) is 9.13. The van der Waals surface area contributed by atoms with Gasteiger partial charge in [0.2, 0.25) is 0 Å². The Morgan fingerprint density at radius 2 is 1.86 bits per heavy atom. The minimum absolute atomic E-state index is 0.0405. The van der Waals surface area contributed by atoms with Crippen LogP contribution in [0.4, 0.5) is 11.4 Å². The van der Waals surface area contributed by atoms with E-state index >= 15 is 0 Å². The van der Waals surface area contributed by atoms with Crippen LogP contribution >= 0.6 is 11.6 Å². The number of halogens is 1. The lowest BCUT2D eigenvalue weighted by Gasteiger charge is -2.35. The third kappa shape index (κ3) is 2.32. The van der Waals surface area contributed by atoms with E-state index in [9.17, 15) is 0 Å². The lowest BCUT2D eigenvalue weighted by atomic mass is 10.1. The van der Waals surface area contributed by atoms with Gasteiger partial charge in [-0.05, 0) is 39.0 Å². The molecule has 0 aliphatic heterocycles. The highest BCUT2D eigenvalue weighted by atomic mass is 35.5. The first-order valence-corrected chi connectivity index (χ1v) is 4.99. The fourth-order valence-corrected chi connectivity index (χ4v) is 1.33. The molecule has 1 aromatic carbocycles. The van der Waals surface area contributed by atoms with Crippen LogP contribution in [0, 0.1) is 0 Å². The molecular formula is C11H17ClN2. The molecule has 0 spiro atoms. The summed E-state index contributed by atoms with van der Waals surface area (Å²) in [5, 5.41) is 0.713. The Morgan fingerprint density at radius 3 is 2.36 bits per heavy atom. The van der Waals surface area contributed by atoms with E-state index in [4.69, 9.17) is 17.3 Å².